The standard InChI is InChI=1S/C21H29N5O2/c1-14-19(15-6-3-4-8-17(15)28-14)21(27)25-10-5-7-16(25)20-23-22-18-9-11-24(2)12-13-26(18)20/h16H,3-13H2,1-2H3/t16-/m1/s1. The summed E-state index contributed by atoms with van der Waals surface area (Å²) in [4.78, 5) is 18.0. The third-order valence-electron chi connectivity index (χ3n) is 6.65. The van der Waals surface area contributed by atoms with E-state index in [2.05, 4.69) is 26.7 Å². The van der Waals surface area contributed by atoms with E-state index >= 15 is 0 Å². The Morgan fingerprint density at radius 3 is 2.79 bits per heavy atom. The maximum Gasteiger partial charge on any atom is 0.258 e. The molecule has 7 heteroatoms. The second-order valence-corrected chi connectivity index (χ2v) is 8.48. The van der Waals surface area contributed by atoms with Crippen LogP contribution in [-0.2, 0) is 25.8 Å². The van der Waals surface area contributed by atoms with E-state index < -0.39 is 0 Å². The van der Waals surface area contributed by atoms with Gasteiger partial charge in [0.15, 0.2) is 5.82 Å². The summed E-state index contributed by atoms with van der Waals surface area (Å²) in [5.74, 6) is 3.95. The number of carbonyl (C=O) groups is 1. The van der Waals surface area contributed by atoms with Crippen LogP contribution in [0.2, 0.25) is 0 Å². The molecule has 1 saturated heterocycles. The fourth-order valence-corrected chi connectivity index (χ4v) is 5.10. The molecule has 28 heavy (non-hydrogen) atoms. The minimum absolute atomic E-state index is 0.0192. The first kappa shape index (κ1) is 17.9. The van der Waals surface area contributed by atoms with Gasteiger partial charge in [-0.05, 0) is 46.1 Å². The molecule has 0 aromatic carbocycles. The first-order valence-electron chi connectivity index (χ1n) is 10.7. The van der Waals surface area contributed by atoms with E-state index in [1.54, 1.807) is 0 Å². The highest BCUT2D eigenvalue weighted by atomic mass is 16.3. The second-order valence-electron chi connectivity index (χ2n) is 8.48. The minimum Gasteiger partial charge on any atom is -0.465 e. The number of nitrogens with zero attached hydrogens (tertiary/aromatic N) is 5. The number of furan rings is 1. The smallest absolute Gasteiger partial charge is 0.258 e. The maximum atomic E-state index is 13.6. The van der Waals surface area contributed by atoms with Crippen molar-refractivity contribution >= 4 is 5.91 Å². The van der Waals surface area contributed by atoms with Crippen LogP contribution in [0, 0.1) is 6.92 Å². The molecule has 1 aliphatic carbocycles. The number of fused-ring (bicyclic) bond motifs is 2. The van der Waals surface area contributed by atoms with Crippen LogP contribution in [0.25, 0.3) is 0 Å². The lowest BCUT2D eigenvalue weighted by atomic mass is 9.94. The van der Waals surface area contributed by atoms with E-state index in [9.17, 15) is 4.79 Å². The number of amides is 1. The Hall–Kier alpha value is -2.15. The first-order chi connectivity index (χ1) is 13.6. The molecule has 2 aromatic heterocycles. The summed E-state index contributed by atoms with van der Waals surface area (Å²) in [6.07, 6.45) is 7.09. The summed E-state index contributed by atoms with van der Waals surface area (Å²) in [5.41, 5.74) is 1.97. The van der Waals surface area contributed by atoms with Gasteiger partial charge in [-0.15, -0.1) is 10.2 Å². The maximum absolute atomic E-state index is 13.6. The molecule has 0 radical (unpaired) electrons. The molecule has 7 nitrogen and oxygen atoms in total. The molecule has 0 saturated carbocycles. The zero-order valence-corrected chi connectivity index (χ0v) is 16.9. The molecular weight excluding hydrogens is 354 g/mol. The summed E-state index contributed by atoms with van der Waals surface area (Å²) >= 11 is 0. The number of aromatic nitrogens is 3. The lowest BCUT2D eigenvalue weighted by Crippen LogP contribution is -2.33. The minimum atomic E-state index is 0.0192. The van der Waals surface area contributed by atoms with Crippen LogP contribution in [0.5, 0.6) is 0 Å². The monoisotopic (exact) mass is 383 g/mol. The van der Waals surface area contributed by atoms with Crippen LogP contribution in [0.4, 0.5) is 0 Å². The zero-order chi connectivity index (χ0) is 19.3. The van der Waals surface area contributed by atoms with Crippen molar-refractivity contribution in [2.24, 2.45) is 0 Å². The van der Waals surface area contributed by atoms with Gasteiger partial charge in [0.25, 0.3) is 5.91 Å². The molecule has 0 N–H and O–H groups in total. The van der Waals surface area contributed by atoms with Gasteiger partial charge in [-0.25, -0.2) is 0 Å². The van der Waals surface area contributed by atoms with Crippen LogP contribution in [-0.4, -0.2) is 57.2 Å². The van der Waals surface area contributed by atoms with Crippen molar-refractivity contribution < 1.29 is 9.21 Å². The molecule has 1 atom stereocenters. The summed E-state index contributed by atoms with van der Waals surface area (Å²) in [5, 5.41) is 9.02. The van der Waals surface area contributed by atoms with Gasteiger partial charge in [-0.1, -0.05) is 0 Å². The molecule has 5 rings (SSSR count). The topological polar surface area (TPSA) is 67.4 Å². The van der Waals surface area contributed by atoms with Crippen molar-refractivity contribution in [2.75, 3.05) is 26.7 Å². The summed E-state index contributed by atoms with van der Waals surface area (Å²) < 4.78 is 8.24. The highest BCUT2D eigenvalue weighted by Crippen LogP contribution is 2.36. The first-order valence-corrected chi connectivity index (χ1v) is 10.7. The third-order valence-corrected chi connectivity index (χ3v) is 6.65. The van der Waals surface area contributed by atoms with Crippen molar-refractivity contribution in [2.45, 2.75) is 64.5 Å². The summed E-state index contributed by atoms with van der Waals surface area (Å²) in [6, 6.07) is 0.0192. The van der Waals surface area contributed by atoms with E-state index in [4.69, 9.17) is 4.42 Å². The molecule has 1 amide bonds. The van der Waals surface area contributed by atoms with Crippen molar-refractivity contribution in [3.63, 3.8) is 0 Å². The van der Waals surface area contributed by atoms with Gasteiger partial charge in [0.05, 0.1) is 11.6 Å². The largest absolute Gasteiger partial charge is 0.465 e. The Bertz CT molecular complexity index is 899. The van der Waals surface area contributed by atoms with Gasteiger partial charge in [0, 0.05) is 44.6 Å². The highest BCUT2D eigenvalue weighted by molar-refractivity contribution is 5.97. The van der Waals surface area contributed by atoms with Crippen LogP contribution < -0.4 is 0 Å². The van der Waals surface area contributed by atoms with Gasteiger partial charge in [0.2, 0.25) is 0 Å². The van der Waals surface area contributed by atoms with Gasteiger partial charge < -0.3 is 18.8 Å². The van der Waals surface area contributed by atoms with Crippen molar-refractivity contribution in [3.05, 3.63) is 34.3 Å². The molecule has 2 aliphatic heterocycles. The molecule has 3 aliphatic rings. The molecular formula is C21H29N5O2. The molecule has 1 fully saturated rings. The van der Waals surface area contributed by atoms with Gasteiger partial charge >= 0.3 is 0 Å². The van der Waals surface area contributed by atoms with E-state index in [0.717, 1.165) is 105 Å². The molecule has 0 unspecified atom stereocenters. The van der Waals surface area contributed by atoms with Gasteiger partial charge in [-0.3, -0.25) is 4.79 Å². The van der Waals surface area contributed by atoms with Crippen molar-refractivity contribution in [1.29, 1.82) is 0 Å². The number of aryl methyl sites for hydroxylation is 2. The van der Waals surface area contributed by atoms with Crippen LogP contribution in [0.15, 0.2) is 4.42 Å². The quantitative estimate of drug-likeness (QED) is 0.797. The van der Waals surface area contributed by atoms with Gasteiger partial charge in [-0.2, -0.15) is 0 Å². The number of likely N-dealkylation sites (tertiary alicyclic amines) is 1. The number of carbonyl (C=O) groups excluding carboxylic acids is 1. The summed E-state index contributed by atoms with van der Waals surface area (Å²) in [6.45, 7) is 5.62. The normalized spacial score (nSPS) is 22.8. The number of rotatable bonds is 2. The fraction of sp³-hybridized carbons (Fsp3) is 0.667. The predicted molar refractivity (Wildman–Crippen MR) is 104 cm³/mol. The predicted octanol–water partition coefficient (Wildman–Crippen LogP) is 2.52. The van der Waals surface area contributed by atoms with Gasteiger partial charge in [0.1, 0.15) is 17.3 Å². The highest BCUT2D eigenvalue weighted by Gasteiger charge is 2.37. The average Bonchev–Trinajstić information content (AvgIpc) is 3.37. The van der Waals surface area contributed by atoms with E-state index in [1.165, 1.54) is 0 Å². The van der Waals surface area contributed by atoms with Crippen LogP contribution in [0.3, 0.4) is 0 Å². The summed E-state index contributed by atoms with van der Waals surface area (Å²) in [7, 11) is 2.15. The van der Waals surface area contributed by atoms with Crippen LogP contribution in [0.1, 0.15) is 70.8 Å². The van der Waals surface area contributed by atoms with Crippen LogP contribution >= 0.6 is 0 Å². The Kier molecular flexibility index (Phi) is 4.50. The fourth-order valence-electron chi connectivity index (χ4n) is 5.10. The zero-order valence-electron chi connectivity index (χ0n) is 16.9. The lowest BCUT2D eigenvalue weighted by Gasteiger charge is -2.25. The van der Waals surface area contributed by atoms with E-state index in [0.29, 0.717) is 0 Å². The number of hydrogen-bond acceptors (Lipinski definition) is 5. The molecule has 2 aromatic rings. The Labute approximate surface area is 165 Å². The lowest BCUT2D eigenvalue weighted by molar-refractivity contribution is 0.0724. The second kappa shape index (κ2) is 7.03. The SMILES string of the molecule is Cc1oc2c(c1C(=O)N1CCC[C@@H]1c1nnc3n1CCN(C)CC3)CCCC2. The molecule has 4 heterocycles. The Morgan fingerprint density at radius 1 is 1.04 bits per heavy atom. The van der Waals surface area contributed by atoms with Crippen molar-refractivity contribution in [1.82, 2.24) is 24.6 Å². The Morgan fingerprint density at radius 2 is 1.89 bits per heavy atom. The van der Waals surface area contributed by atoms with E-state index in [-0.39, 0.29) is 11.9 Å². The number of hydrogen-bond donors (Lipinski definition) is 0. The third kappa shape index (κ3) is 2.87. The molecule has 150 valence electrons. The van der Waals surface area contributed by atoms with E-state index in [1.807, 2.05) is 11.8 Å². The van der Waals surface area contributed by atoms with Crippen molar-refractivity contribution in [3.8, 4) is 0 Å². The molecule has 0 bridgehead atoms. The Balaban J connectivity index is 1.47. The number of likely N-dealkylation sites (N-methyl/N-ethyl adjacent to an activating group) is 1. The average molecular weight is 383 g/mol. The molecule has 0 spiro atoms.